The minimum absolute atomic E-state index is 0.0572. The number of halogens is 1. The molecule has 1 rings (SSSR count). The SMILES string of the molecule is CCN(CC(=O)OC)C(=O)c1cc(Cl)cn1CC. The van der Waals surface area contributed by atoms with Crippen molar-refractivity contribution in [2.75, 3.05) is 20.2 Å². The van der Waals surface area contributed by atoms with Crippen LogP contribution in [0.4, 0.5) is 0 Å². The summed E-state index contributed by atoms with van der Waals surface area (Å²) in [7, 11) is 1.30. The summed E-state index contributed by atoms with van der Waals surface area (Å²) in [6.07, 6.45) is 1.70. The number of rotatable bonds is 5. The monoisotopic (exact) mass is 272 g/mol. The van der Waals surface area contributed by atoms with Crippen LogP contribution >= 0.6 is 11.6 Å². The third kappa shape index (κ3) is 3.26. The van der Waals surface area contributed by atoms with Crippen molar-refractivity contribution in [2.45, 2.75) is 20.4 Å². The summed E-state index contributed by atoms with van der Waals surface area (Å²) in [5, 5.41) is 0.509. The summed E-state index contributed by atoms with van der Waals surface area (Å²) >= 11 is 5.89. The number of nitrogens with zero attached hydrogens (tertiary/aromatic N) is 2. The third-order valence-electron chi connectivity index (χ3n) is 2.64. The number of hydrogen-bond donors (Lipinski definition) is 0. The van der Waals surface area contributed by atoms with Crippen LogP contribution in [0.1, 0.15) is 24.3 Å². The number of aryl methyl sites for hydroxylation is 1. The average Bonchev–Trinajstić information content (AvgIpc) is 2.75. The molecule has 0 aromatic carbocycles. The van der Waals surface area contributed by atoms with Crippen molar-refractivity contribution in [1.29, 1.82) is 0 Å². The van der Waals surface area contributed by atoms with Crippen molar-refractivity contribution in [3.8, 4) is 0 Å². The van der Waals surface area contributed by atoms with Crippen LogP contribution < -0.4 is 0 Å². The minimum Gasteiger partial charge on any atom is -0.468 e. The molecule has 5 nitrogen and oxygen atoms in total. The molecule has 100 valence electrons. The highest BCUT2D eigenvalue weighted by molar-refractivity contribution is 6.31. The van der Waals surface area contributed by atoms with E-state index in [9.17, 15) is 9.59 Å². The molecule has 0 unspecified atom stereocenters. The van der Waals surface area contributed by atoms with Gasteiger partial charge in [-0.2, -0.15) is 0 Å². The largest absolute Gasteiger partial charge is 0.468 e. The molecule has 0 fully saturated rings. The molecule has 0 saturated carbocycles. The van der Waals surface area contributed by atoms with Gasteiger partial charge in [0.1, 0.15) is 12.2 Å². The molecule has 18 heavy (non-hydrogen) atoms. The number of amides is 1. The van der Waals surface area contributed by atoms with Gasteiger partial charge in [0.15, 0.2) is 0 Å². The van der Waals surface area contributed by atoms with Gasteiger partial charge in [0.25, 0.3) is 5.91 Å². The molecule has 0 radical (unpaired) electrons. The summed E-state index contributed by atoms with van der Waals surface area (Å²) in [5.41, 5.74) is 0.480. The second-order valence-corrected chi connectivity index (χ2v) is 4.16. The summed E-state index contributed by atoms with van der Waals surface area (Å²) in [4.78, 5) is 24.9. The Balaban J connectivity index is 2.92. The van der Waals surface area contributed by atoms with Crippen LogP contribution in [-0.4, -0.2) is 41.5 Å². The highest BCUT2D eigenvalue weighted by Gasteiger charge is 2.20. The number of aromatic nitrogens is 1. The van der Waals surface area contributed by atoms with Crippen LogP contribution in [0.3, 0.4) is 0 Å². The van der Waals surface area contributed by atoms with Crippen LogP contribution in [0.2, 0.25) is 5.02 Å². The Kier molecular flexibility index (Phi) is 5.22. The van der Waals surface area contributed by atoms with Gasteiger partial charge in [-0.3, -0.25) is 9.59 Å². The highest BCUT2D eigenvalue weighted by Crippen LogP contribution is 2.16. The van der Waals surface area contributed by atoms with Gasteiger partial charge >= 0.3 is 5.97 Å². The van der Waals surface area contributed by atoms with Gasteiger partial charge in [0.2, 0.25) is 0 Å². The summed E-state index contributed by atoms with van der Waals surface area (Å²) in [6, 6.07) is 1.60. The lowest BCUT2D eigenvalue weighted by Crippen LogP contribution is -2.37. The zero-order valence-electron chi connectivity index (χ0n) is 10.8. The molecule has 6 heteroatoms. The van der Waals surface area contributed by atoms with Crippen LogP contribution in [0, 0.1) is 0 Å². The molecule has 1 aromatic heterocycles. The van der Waals surface area contributed by atoms with E-state index in [1.165, 1.54) is 12.0 Å². The van der Waals surface area contributed by atoms with E-state index in [1.807, 2.05) is 13.8 Å². The molecule has 1 amide bonds. The molecule has 0 aliphatic heterocycles. The van der Waals surface area contributed by atoms with E-state index in [-0.39, 0.29) is 12.5 Å². The smallest absolute Gasteiger partial charge is 0.325 e. The summed E-state index contributed by atoms with van der Waals surface area (Å²) in [6.45, 7) is 4.74. The predicted molar refractivity (Wildman–Crippen MR) is 68.7 cm³/mol. The summed E-state index contributed by atoms with van der Waals surface area (Å²) < 4.78 is 6.32. The zero-order valence-corrected chi connectivity index (χ0v) is 11.5. The molecule has 0 aliphatic rings. The number of methoxy groups -OCH3 is 1. The maximum atomic E-state index is 12.3. The van der Waals surface area contributed by atoms with Gasteiger partial charge in [-0.25, -0.2) is 0 Å². The van der Waals surface area contributed by atoms with E-state index in [4.69, 9.17) is 11.6 Å². The standard InChI is InChI=1S/C12H17ClN2O3/c1-4-14-7-9(13)6-10(14)12(17)15(5-2)8-11(16)18-3/h6-7H,4-5,8H2,1-3H3. The lowest BCUT2D eigenvalue weighted by atomic mass is 10.3. The maximum absolute atomic E-state index is 12.3. The number of ether oxygens (including phenoxy) is 1. The molecule has 1 heterocycles. The average molecular weight is 273 g/mol. The first-order valence-electron chi connectivity index (χ1n) is 5.75. The lowest BCUT2D eigenvalue weighted by molar-refractivity contribution is -0.141. The van der Waals surface area contributed by atoms with E-state index < -0.39 is 5.97 Å². The molecule has 0 spiro atoms. The number of carbonyl (C=O) groups is 2. The van der Waals surface area contributed by atoms with Gasteiger partial charge in [-0.05, 0) is 19.9 Å². The molecular formula is C12H17ClN2O3. The first-order valence-corrected chi connectivity index (χ1v) is 6.13. The fourth-order valence-corrected chi connectivity index (χ4v) is 1.85. The Hall–Kier alpha value is -1.49. The first-order chi connectivity index (χ1) is 8.53. The Morgan fingerprint density at radius 2 is 2.11 bits per heavy atom. The third-order valence-corrected chi connectivity index (χ3v) is 2.85. The van der Waals surface area contributed by atoms with Crippen molar-refractivity contribution in [3.05, 3.63) is 23.0 Å². The van der Waals surface area contributed by atoms with E-state index in [1.54, 1.807) is 16.8 Å². The molecular weight excluding hydrogens is 256 g/mol. The van der Waals surface area contributed by atoms with Crippen LogP contribution in [0.25, 0.3) is 0 Å². The summed E-state index contributed by atoms with van der Waals surface area (Å²) in [5.74, 6) is -0.664. The molecule has 0 atom stereocenters. The second kappa shape index (κ2) is 6.44. The van der Waals surface area contributed by atoms with Crippen molar-refractivity contribution in [2.24, 2.45) is 0 Å². The van der Waals surface area contributed by atoms with Crippen molar-refractivity contribution >= 4 is 23.5 Å². The van der Waals surface area contributed by atoms with E-state index in [0.29, 0.717) is 23.8 Å². The van der Waals surface area contributed by atoms with Crippen molar-refractivity contribution in [1.82, 2.24) is 9.47 Å². The molecule has 0 saturated heterocycles. The van der Waals surface area contributed by atoms with Gasteiger partial charge in [0.05, 0.1) is 12.1 Å². The van der Waals surface area contributed by atoms with Crippen LogP contribution in [-0.2, 0) is 16.1 Å². The van der Waals surface area contributed by atoms with E-state index in [2.05, 4.69) is 4.74 Å². The number of carbonyl (C=O) groups excluding carboxylic acids is 2. The Labute approximate surface area is 111 Å². The fraction of sp³-hybridized carbons (Fsp3) is 0.500. The molecule has 0 aliphatic carbocycles. The van der Waals surface area contributed by atoms with Gasteiger partial charge in [-0.15, -0.1) is 0 Å². The Morgan fingerprint density at radius 3 is 2.61 bits per heavy atom. The molecule has 1 aromatic rings. The zero-order chi connectivity index (χ0) is 13.7. The van der Waals surface area contributed by atoms with E-state index >= 15 is 0 Å². The number of esters is 1. The lowest BCUT2D eigenvalue weighted by Gasteiger charge is -2.20. The Bertz CT molecular complexity index is 443. The molecule has 0 N–H and O–H groups in total. The van der Waals surface area contributed by atoms with Crippen molar-refractivity contribution < 1.29 is 14.3 Å². The topological polar surface area (TPSA) is 51.5 Å². The normalized spacial score (nSPS) is 10.2. The van der Waals surface area contributed by atoms with Crippen LogP contribution in [0.15, 0.2) is 12.3 Å². The Morgan fingerprint density at radius 1 is 1.44 bits per heavy atom. The molecule has 0 bridgehead atoms. The predicted octanol–water partition coefficient (Wildman–Crippen LogP) is 1.80. The maximum Gasteiger partial charge on any atom is 0.325 e. The van der Waals surface area contributed by atoms with E-state index in [0.717, 1.165) is 0 Å². The number of hydrogen-bond acceptors (Lipinski definition) is 3. The quantitative estimate of drug-likeness (QED) is 0.768. The highest BCUT2D eigenvalue weighted by atomic mass is 35.5. The van der Waals surface area contributed by atoms with Crippen molar-refractivity contribution in [3.63, 3.8) is 0 Å². The van der Waals surface area contributed by atoms with Gasteiger partial charge in [-0.1, -0.05) is 11.6 Å². The minimum atomic E-state index is -0.439. The van der Waals surface area contributed by atoms with Crippen LogP contribution in [0.5, 0.6) is 0 Å². The first kappa shape index (κ1) is 14.6. The van der Waals surface area contributed by atoms with Gasteiger partial charge in [0, 0.05) is 19.3 Å². The van der Waals surface area contributed by atoms with Gasteiger partial charge < -0.3 is 14.2 Å². The fourth-order valence-electron chi connectivity index (χ4n) is 1.63. The second-order valence-electron chi connectivity index (χ2n) is 3.73. The number of likely N-dealkylation sites (N-methyl/N-ethyl adjacent to an activating group) is 1.